The largest absolute Gasteiger partial charge is 0.494 e. The number of anilines is 6. The van der Waals surface area contributed by atoms with Crippen molar-refractivity contribution >= 4 is 57.6 Å². The second-order valence-corrected chi connectivity index (χ2v) is 13.1. The van der Waals surface area contributed by atoms with Gasteiger partial charge < -0.3 is 30.3 Å². The number of halogens is 3. The molecule has 3 N–H and O–H groups in total. The van der Waals surface area contributed by atoms with Crippen LogP contribution in [0, 0.1) is 37.9 Å². The quantitative estimate of drug-likeness (QED) is 0.0495. The molecular formula is C40H36ClF2N10O6+. The van der Waals surface area contributed by atoms with Gasteiger partial charge in [0.2, 0.25) is 22.9 Å². The van der Waals surface area contributed by atoms with E-state index in [4.69, 9.17) is 22.1 Å². The van der Waals surface area contributed by atoms with E-state index in [-0.39, 0.29) is 34.1 Å². The third kappa shape index (κ3) is 9.81. The van der Waals surface area contributed by atoms with Crippen molar-refractivity contribution in [3.63, 3.8) is 0 Å². The van der Waals surface area contributed by atoms with Crippen LogP contribution in [0.25, 0.3) is 0 Å². The maximum Gasteiger partial charge on any atom is 0.307 e. The number of fused-ring (bicyclic) bond motifs is 1. The van der Waals surface area contributed by atoms with Gasteiger partial charge in [-0.2, -0.15) is 13.8 Å². The highest BCUT2D eigenvalue weighted by molar-refractivity contribution is 6.28. The predicted octanol–water partition coefficient (Wildman–Crippen LogP) is 8.60. The third-order valence-corrected chi connectivity index (χ3v) is 9.35. The Morgan fingerprint density at radius 2 is 1.49 bits per heavy atom. The normalized spacial score (nSPS) is 13.7. The Balaban J connectivity index is 0.000000165. The number of allylic oxidation sites excluding steroid dienone is 5. The van der Waals surface area contributed by atoms with Crippen LogP contribution in [0.15, 0.2) is 103 Å². The first-order valence-electron chi connectivity index (χ1n) is 18.0. The lowest BCUT2D eigenvalue weighted by molar-refractivity contribution is -0.387. The van der Waals surface area contributed by atoms with E-state index < -0.39 is 32.9 Å². The average molecular weight is 826 g/mol. The lowest BCUT2D eigenvalue weighted by atomic mass is 9.98. The molecule has 2 aromatic heterocycles. The van der Waals surface area contributed by atoms with Crippen molar-refractivity contribution < 1.29 is 28.1 Å². The molecule has 1 aliphatic carbocycles. The number of methoxy groups -OCH3 is 2. The molecule has 19 heteroatoms. The molecule has 0 radical (unpaired) electrons. The minimum Gasteiger partial charge on any atom is -0.494 e. The number of nitro benzene ring substituents is 2. The standard InChI is InChI=1S/C20H18FN5O3.C13H11ClN3.C7H7FN2O3/c1-29-18-11-14(21)17(26(27)28)12-15(18)23-20-22-9-8-19(24-20)25-10-4-6-13-5-2-3-7-16(13)25;14-13-15-8-7-12(16-13)17-9-3-5-10-4-1-2-6-11(10)17;1-13-7-2-4(8)6(10(11)12)3-5(7)9/h2-3,5,7-9,11-12H,4,6,10H2,1H3,(H,22,23,24);2,4,6-8H,3,5,9H2;2-3H,9H2,1H3/q;+1;. The van der Waals surface area contributed by atoms with Crippen LogP contribution < -0.4 is 30.3 Å². The smallest absolute Gasteiger partial charge is 0.307 e. The molecule has 0 atom stereocenters. The Kier molecular flexibility index (Phi) is 13.1. The molecule has 5 aromatic rings. The number of rotatable bonds is 8. The fourth-order valence-electron chi connectivity index (χ4n) is 6.46. The van der Waals surface area contributed by atoms with Crippen LogP contribution in [0.5, 0.6) is 11.5 Å². The molecule has 59 heavy (non-hydrogen) atoms. The van der Waals surface area contributed by atoms with E-state index in [9.17, 15) is 29.0 Å². The summed E-state index contributed by atoms with van der Waals surface area (Å²) in [6.45, 7) is 1.78. The van der Waals surface area contributed by atoms with Crippen LogP contribution in [-0.4, -0.2) is 57.1 Å². The van der Waals surface area contributed by atoms with E-state index in [1.807, 2.05) is 30.4 Å². The maximum atomic E-state index is 13.9. The number of ether oxygens (including phenoxy) is 2. The lowest BCUT2D eigenvalue weighted by Crippen LogP contribution is -2.29. The maximum absolute atomic E-state index is 13.9. The number of benzene rings is 3. The van der Waals surface area contributed by atoms with Crippen LogP contribution in [0.2, 0.25) is 5.28 Å². The molecule has 2 aliphatic heterocycles. The van der Waals surface area contributed by atoms with Crippen LogP contribution in [-0.2, 0) is 6.42 Å². The van der Waals surface area contributed by atoms with E-state index in [1.54, 1.807) is 18.5 Å². The Labute approximate surface area is 341 Å². The number of nitrogens with one attached hydrogen (secondary N) is 1. The van der Waals surface area contributed by atoms with E-state index in [1.165, 1.54) is 31.1 Å². The number of nitrogen functional groups attached to an aromatic ring is 1. The summed E-state index contributed by atoms with van der Waals surface area (Å²) in [6.07, 6.45) is 16.7. The monoisotopic (exact) mass is 825 g/mol. The Hall–Kier alpha value is -7.30. The first-order valence-corrected chi connectivity index (χ1v) is 18.3. The fraction of sp³-hybridized carbons (Fsp3) is 0.200. The highest BCUT2D eigenvalue weighted by Gasteiger charge is 2.27. The molecule has 3 aromatic carbocycles. The van der Waals surface area contributed by atoms with Gasteiger partial charge >= 0.3 is 11.4 Å². The molecule has 3 aliphatic rings. The second-order valence-electron chi connectivity index (χ2n) is 12.8. The van der Waals surface area contributed by atoms with Gasteiger partial charge in [0.05, 0.1) is 47.1 Å². The summed E-state index contributed by atoms with van der Waals surface area (Å²) in [5, 5.41) is 24.5. The number of nitro groups is 2. The zero-order valence-corrected chi connectivity index (χ0v) is 32.4. The molecule has 0 saturated carbocycles. The first-order chi connectivity index (χ1) is 28.5. The Morgan fingerprint density at radius 1 is 0.847 bits per heavy atom. The molecule has 16 nitrogen and oxygen atoms in total. The highest BCUT2D eigenvalue weighted by Crippen LogP contribution is 2.36. The number of nitrogens with two attached hydrogens (primary N) is 1. The minimum atomic E-state index is -0.975. The summed E-state index contributed by atoms with van der Waals surface area (Å²) in [6, 6.07) is 15.7. The predicted molar refractivity (Wildman–Crippen MR) is 218 cm³/mol. The van der Waals surface area contributed by atoms with Gasteiger partial charge in [-0.05, 0) is 54.6 Å². The zero-order chi connectivity index (χ0) is 42.1. The number of nitrogens with zero attached hydrogens (tertiary/aromatic N) is 8. The Morgan fingerprint density at radius 3 is 2.20 bits per heavy atom. The van der Waals surface area contributed by atoms with Crippen LogP contribution in [0.1, 0.15) is 24.8 Å². The minimum absolute atomic E-state index is 0.0376. The van der Waals surface area contributed by atoms with E-state index >= 15 is 0 Å². The molecule has 0 amide bonds. The molecule has 0 saturated heterocycles. The molecule has 0 bridgehead atoms. The summed E-state index contributed by atoms with van der Waals surface area (Å²) >= 11 is 5.84. The van der Waals surface area contributed by atoms with Gasteiger partial charge in [0.15, 0.2) is 5.70 Å². The van der Waals surface area contributed by atoms with Crippen LogP contribution in [0.3, 0.4) is 0 Å². The first kappa shape index (κ1) is 41.3. The molecule has 302 valence electrons. The summed E-state index contributed by atoms with van der Waals surface area (Å²) < 4.78 is 36.6. The lowest BCUT2D eigenvalue weighted by Gasteiger charge is -2.30. The van der Waals surface area contributed by atoms with Crippen molar-refractivity contribution in [1.29, 1.82) is 0 Å². The summed E-state index contributed by atoms with van der Waals surface area (Å²) in [5.74, 6) is 0.0497. The van der Waals surface area contributed by atoms with Gasteiger partial charge in [-0.1, -0.05) is 18.2 Å². The number of para-hydroxylation sites is 1. The third-order valence-electron chi connectivity index (χ3n) is 9.17. The number of aryl methyl sites for hydroxylation is 1. The SMILES string of the molecule is COc1cc(F)c([N+](=O)[O-])cc1N.COc1cc(F)c([N+](=O)[O-])cc1Nc1nccc(N2CCCc3ccccc32)n1.Clc1nccc(N2CCCC3=C2C=C[C+]=C3)n1. The molecule has 0 spiro atoms. The molecule has 8 rings (SSSR count). The van der Waals surface area contributed by atoms with Gasteiger partial charge in [-0.15, -0.1) is 0 Å². The summed E-state index contributed by atoms with van der Waals surface area (Å²) in [5.41, 5.74) is 9.13. The van der Waals surface area contributed by atoms with Gasteiger partial charge in [0.1, 0.15) is 35.3 Å². The molecule has 0 fully saturated rings. The van der Waals surface area contributed by atoms with Gasteiger partial charge in [0.25, 0.3) is 0 Å². The summed E-state index contributed by atoms with van der Waals surface area (Å²) in [4.78, 5) is 40.9. The van der Waals surface area contributed by atoms with Crippen molar-refractivity contribution in [2.24, 2.45) is 0 Å². The number of hydrogen-bond acceptors (Lipinski definition) is 14. The van der Waals surface area contributed by atoms with Crippen molar-refractivity contribution in [1.82, 2.24) is 19.9 Å². The van der Waals surface area contributed by atoms with E-state index in [0.29, 0.717) is 5.82 Å². The van der Waals surface area contributed by atoms with E-state index in [2.05, 4.69) is 64.1 Å². The zero-order valence-electron chi connectivity index (χ0n) is 31.6. The van der Waals surface area contributed by atoms with E-state index in [0.717, 1.165) is 74.5 Å². The van der Waals surface area contributed by atoms with Gasteiger partial charge in [-0.3, -0.25) is 20.2 Å². The van der Waals surface area contributed by atoms with Crippen molar-refractivity contribution in [2.75, 3.05) is 48.2 Å². The van der Waals surface area contributed by atoms with Crippen LogP contribution in [0.4, 0.5) is 54.8 Å². The number of hydrogen-bond donors (Lipinski definition) is 2. The van der Waals surface area contributed by atoms with Crippen molar-refractivity contribution in [3.8, 4) is 11.5 Å². The van der Waals surface area contributed by atoms with Crippen molar-refractivity contribution in [2.45, 2.75) is 25.7 Å². The van der Waals surface area contributed by atoms with Crippen LogP contribution >= 0.6 is 11.6 Å². The fourth-order valence-corrected chi connectivity index (χ4v) is 6.60. The highest BCUT2D eigenvalue weighted by atomic mass is 35.5. The number of aromatic nitrogens is 4. The molecule has 0 unspecified atom stereocenters. The topological polar surface area (TPSA) is 201 Å². The molecular weight excluding hydrogens is 790 g/mol. The average Bonchev–Trinajstić information content (AvgIpc) is 3.24. The van der Waals surface area contributed by atoms with Gasteiger partial charge in [0, 0.05) is 67.9 Å². The molecule has 4 heterocycles. The van der Waals surface area contributed by atoms with Crippen molar-refractivity contribution in [3.05, 3.63) is 151 Å². The Bertz CT molecular complexity index is 2470. The van der Waals surface area contributed by atoms with Gasteiger partial charge in [-0.25, -0.2) is 15.0 Å². The summed E-state index contributed by atoms with van der Waals surface area (Å²) in [7, 11) is 2.66. The second kappa shape index (κ2) is 18.8.